The van der Waals surface area contributed by atoms with Crippen molar-refractivity contribution in [1.29, 1.82) is 0 Å². The number of benzene rings is 2. The summed E-state index contributed by atoms with van der Waals surface area (Å²) < 4.78 is 15.1. The van der Waals surface area contributed by atoms with Gasteiger partial charge >= 0.3 is 0 Å². The third kappa shape index (κ3) is 2.67. The van der Waals surface area contributed by atoms with Crippen LogP contribution in [0.25, 0.3) is 5.69 Å². The number of rotatable bonds is 2. The molecule has 0 saturated heterocycles. The van der Waals surface area contributed by atoms with E-state index in [9.17, 15) is 14.5 Å². The van der Waals surface area contributed by atoms with Gasteiger partial charge in [0.25, 0.3) is 5.69 Å². The fourth-order valence-corrected chi connectivity index (χ4v) is 2.88. The molecule has 4 rings (SSSR count). The maximum absolute atomic E-state index is 13.3. The summed E-state index contributed by atoms with van der Waals surface area (Å²) in [5.41, 5.74) is 2.52. The van der Waals surface area contributed by atoms with E-state index in [2.05, 4.69) is 15.2 Å². The number of fused-ring (bicyclic) bond motifs is 3. The standard InChI is InChI=1S/C17H12FN5O2/c18-12-3-1-11(2-4-12)17-14-9-13(23(24)25)5-6-15(14)22-10-20-21-16(22)7-8-19-17/h1-6,9-10H,7-8H2/b19-17-. The number of hydrogen-bond donors (Lipinski definition) is 0. The van der Waals surface area contributed by atoms with E-state index in [1.807, 2.05) is 0 Å². The zero-order chi connectivity index (χ0) is 17.4. The number of nitro benzene ring substituents is 1. The lowest BCUT2D eigenvalue weighted by Gasteiger charge is -2.17. The van der Waals surface area contributed by atoms with Crippen molar-refractivity contribution >= 4 is 11.4 Å². The SMILES string of the molecule is O=[N+]([O-])c1ccc2c(c1)/C(c1ccc(F)cc1)=N\CCc1nncn1-2. The lowest BCUT2D eigenvalue weighted by Crippen LogP contribution is -2.15. The Balaban J connectivity index is 1.97. The van der Waals surface area contributed by atoms with Crippen LogP contribution in [-0.2, 0) is 6.42 Å². The van der Waals surface area contributed by atoms with Gasteiger partial charge in [0.15, 0.2) is 0 Å². The Hall–Kier alpha value is -3.42. The molecule has 0 spiro atoms. The third-order valence-corrected chi connectivity index (χ3v) is 4.05. The molecule has 124 valence electrons. The zero-order valence-corrected chi connectivity index (χ0v) is 13.0. The van der Waals surface area contributed by atoms with Gasteiger partial charge in [-0.05, 0) is 30.3 Å². The molecule has 1 aromatic heterocycles. The molecule has 1 aliphatic heterocycles. The second-order valence-electron chi connectivity index (χ2n) is 5.56. The number of aromatic nitrogens is 3. The minimum Gasteiger partial charge on any atom is -0.285 e. The van der Waals surface area contributed by atoms with Crippen LogP contribution in [0.5, 0.6) is 0 Å². The van der Waals surface area contributed by atoms with E-state index in [4.69, 9.17) is 0 Å². The van der Waals surface area contributed by atoms with Gasteiger partial charge in [-0.3, -0.25) is 19.7 Å². The monoisotopic (exact) mass is 337 g/mol. The van der Waals surface area contributed by atoms with Crippen molar-refractivity contribution in [2.75, 3.05) is 6.54 Å². The van der Waals surface area contributed by atoms with Gasteiger partial charge in [-0.15, -0.1) is 10.2 Å². The average Bonchev–Trinajstić information content (AvgIpc) is 3.05. The summed E-state index contributed by atoms with van der Waals surface area (Å²) in [4.78, 5) is 15.4. The van der Waals surface area contributed by atoms with Crippen molar-refractivity contribution in [3.05, 3.63) is 81.7 Å². The Morgan fingerprint density at radius 3 is 2.72 bits per heavy atom. The molecule has 0 bridgehead atoms. The molecule has 0 aliphatic carbocycles. The molecule has 0 saturated carbocycles. The molecule has 0 atom stereocenters. The largest absolute Gasteiger partial charge is 0.285 e. The average molecular weight is 337 g/mol. The highest BCUT2D eigenvalue weighted by Gasteiger charge is 2.21. The highest BCUT2D eigenvalue weighted by Crippen LogP contribution is 2.26. The van der Waals surface area contributed by atoms with Crippen LogP contribution in [0.15, 0.2) is 53.8 Å². The molecule has 3 aromatic rings. The Morgan fingerprint density at radius 1 is 1.16 bits per heavy atom. The molecule has 25 heavy (non-hydrogen) atoms. The Labute approximate surface area is 141 Å². The summed E-state index contributed by atoms with van der Waals surface area (Å²) in [7, 11) is 0. The molecule has 1 aliphatic rings. The molecule has 2 heterocycles. The summed E-state index contributed by atoms with van der Waals surface area (Å²) >= 11 is 0. The summed E-state index contributed by atoms with van der Waals surface area (Å²) in [5, 5.41) is 19.2. The van der Waals surface area contributed by atoms with Crippen LogP contribution < -0.4 is 0 Å². The fraction of sp³-hybridized carbons (Fsp3) is 0.118. The van der Waals surface area contributed by atoms with E-state index < -0.39 is 4.92 Å². The topological polar surface area (TPSA) is 86.2 Å². The van der Waals surface area contributed by atoms with Crippen molar-refractivity contribution < 1.29 is 9.31 Å². The number of hydrogen-bond acceptors (Lipinski definition) is 5. The second-order valence-corrected chi connectivity index (χ2v) is 5.56. The van der Waals surface area contributed by atoms with E-state index in [1.54, 1.807) is 29.1 Å². The normalized spacial score (nSPS) is 15.3. The van der Waals surface area contributed by atoms with Gasteiger partial charge in [0.2, 0.25) is 0 Å². The van der Waals surface area contributed by atoms with Gasteiger partial charge in [-0.1, -0.05) is 0 Å². The molecule has 0 radical (unpaired) electrons. The quantitative estimate of drug-likeness (QED) is 0.531. The van der Waals surface area contributed by atoms with Crippen LogP contribution >= 0.6 is 0 Å². The first-order valence-electron chi connectivity index (χ1n) is 7.62. The van der Waals surface area contributed by atoms with Crippen molar-refractivity contribution in [2.45, 2.75) is 6.42 Å². The summed E-state index contributed by atoms with van der Waals surface area (Å²) in [6, 6.07) is 10.5. The number of nitrogens with zero attached hydrogens (tertiary/aromatic N) is 5. The molecule has 0 unspecified atom stereocenters. The van der Waals surface area contributed by atoms with Crippen molar-refractivity contribution in [2.24, 2.45) is 4.99 Å². The third-order valence-electron chi connectivity index (χ3n) is 4.05. The molecule has 8 heteroatoms. The molecular formula is C17H12FN5O2. The van der Waals surface area contributed by atoms with Crippen molar-refractivity contribution in [1.82, 2.24) is 14.8 Å². The maximum atomic E-state index is 13.3. The van der Waals surface area contributed by atoms with Crippen LogP contribution in [0.2, 0.25) is 0 Å². The van der Waals surface area contributed by atoms with E-state index in [-0.39, 0.29) is 11.5 Å². The molecule has 7 nitrogen and oxygen atoms in total. The first kappa shape index (κ1) is 15.1. The number of non-ortho nitro benzene ring substituents is 1. The Morgan fingerprint density at radius 2 is 1.96 bits per heavy atom. The zero-order valence-electron chi connectivity index (χ0n) is 13.0. The highest BCUT2D eigenvalue weighted by atomic mass is 19.1. The summed E-state index contributed by atoms with van der Waals surface area (Å²) in [6.45, 7) is 0.452. The van der Waals surface area contributed by atoms with Gasteiger partial charge < -0.3 is 0 Å². The highest BCUT2D eigenvalue weighted by molar-refractivity contribution is 6.15. The first-order valence-corrected chi connectivity index (χ1v) is 7.62. The van der Waals surface area contributed by atoms with Gasteiger partial charge in [0.05, 0.1) is 16.3 Å². The minimum atomic E-state index is -0.450. The Kier molecular flexibility index (Phi) is 3.57. The van der Waals surface area contributed by atoms with Crippen LogP contribution in [0.4, 0.5) is 10.1 Å². The lowest BCUT2D eigenvalue weighted by molar-refractivity contribution is -0.384. The number of nitro groups is 1. The molecule has 2 aromatic carbocycles. The lowest BCUT2D eigenvalue weighted by atomic mass is 9.99. The van der Waals surface area contributed by atoms with Crippen molar-refractivity contribution in [3.8, 4) is 5.69 Å². The van der Waals surface area contributed by atoms with E-state index in [0.717, 1.165) is 5.82 Å². The predicted molar refractivity (Wildman–Crippen MR) is 88.6 cm³/mol. The summed E-state index contributed by atoms with van der Waals surface area (Å²) in [5.74, 6) is 0.382. The smallest absolute Gasteiger partial charge is 0.270 e. The van der Waals surface area contributed by atoms with E-state index in [1.165, 1.54) is 24.3 Å². The number of aliphatic imine (C=N–C) groups is 1. The second kappa shape index (κ2) is 5.90. The maximum Gasteiger partial charge on any atom is 0.270 e. The van der Waals surface area contributed by atoms with Crippen LogP contribution in [-0.4, -0.2) is 31.9 Å². The molecule has 0 fully saturated rings. The van der Waals surface area contributed by atoms with E-state index in [0.29, 0.717) is 35.5 Å². The number of halogens is 1. The van der Waals surface area contributed by atoms with Gasteiger partial charge in [0, 0.05) is 36.2 Å². The molecule has 0 N–H and O–H groups in total. The predicted octanol–water partition coefficient (Wildman–Crippen LogP) is 2.71. The summed E-state index contributed by atoms with van der Waals surface area (Å²) in [6.07, 6.45) is 2.16. The minimum absolute atomic E-state index is 0.0382. The van der Waals surface area contributed by atoms with Crippen LogP contribution in [0.3, 0.4) is 0 Å². The first-order chi connectivity index (χ1) is 12.1. The van der Waals surface area contributed by atoms with Crippen molar-refractivity contribution in [3.63, 3.8) is 0 Å². The Bertz CT molecular complexity index is 995. The van der Waals surface area contributed by atoms with E-state index >= 15 is 0 Å². The van der Waals surface area contributed by atoms with Crippen LogP contribution in [0, 0.1) is 15.9 Å². The molecular weight excluding hydrogens is 325 g/mol. The van der Waals surface area contributed by atoms with Gasteiger partial charge in [-0.25, -0.2) is 4.39 Å². The van der Waals surface area contributed by atoms with Gasteiger partial charge in [-0.2, -0.15) is 0 Å². The molecule has 0 amide bonds. The van der Waals surface area contributed by atoms with Crippen LogP contribution in [0.1, 0.15) is 17.0 Å². The fourth-order valence-electron chi connectivity index (χ4n) is 2.88. The van der Waals surface area contributed by atoms with Gasteiger partial charge in [0.1, 0.15) is 18.0 Å².